The number of carbonyl (C=O) groups is 1. The number of anilines is 2. The van der Waals surface area contributed by atoms with E-state index in [4.69, 9.17) is 37.7 Å². The molecule has 8 heteroatoms. The number of carbonyl (C=O) groups excluding carboxylic acids is 1. The van der Waals surface area contributed by atoms with Gasteiger partial charge in [0.25, 0.3) is 5.91 Å². The van der Waals surface area contributed by atoms with Crippen molar-refractivity contribution in [2.24, 2.45) is 0 Å². The van der Waals surface area contributed by atoms with Crippen molar-refractivity contribution in [2.75, 3.05) is 31.0 Å². The van der Waals surface area contributed by atoms with Gasteiger partial charge >= 0.3 is 0 Å². The molecule has 3 aromatic carbocycles. The molecule has 0 radical (unpaired) electrons. The normalized spacial score (nSPS) is 12.5. The van der Waals surface area contributed by atoms with Crippen LogP contribution in [0, 0.1) is 0 Å². The topological polar surface area (TPSA) is 63.7 Å². The molecule has 6 nitrogen and oxygen atoms in total. The van der Waals surface area contributed by atoms with Crippen LogP contribution in [0.1, 0.15) is 21.6 Å². The molecule has 1 aliphatic rings. The Morgan fingerprint density at radius 3 is 2.51 bits per heavy atom. The quantitative estimate of drug-likeness (QED) is 0.328. The molecular weight excluding hydrogens is 485 g/mol. The van der Waals surface area contributed by atoms with Crippen molar-refractivity contribution < 1.29 is 14.3 Å². The van der Waals surface area contributed by atoms with Gasteiger partial charge in [-0.15, -0.1) is 0 Å². The summed E-state index contributed by atoms with van der Waals surface area (Å²) in [6.07, 6.45) is 0.883. The molecule has 0 bridgehead atoms. The van der Waals surface area contributed by atoms with E-state index in [-0.39, 0.29) is 10.9 Å². The van der Waals surface area contributed by atoms with Gasteiger partial charge in [-0.05, 0) is 42.0 Å². The molecule has 178 valence electrons. The van der Waals surface area contributed by atoms with Crippen LogP contribution in [0.4, 0.5) is 11.4 Å². The number of hydrogen-bond donors (Lipinski definition) is 1. The van der Waals surface area contributed by atoms with Gasteiger partial charge in [0.2, 0.25) is 0 Å². The minimum absolute atomic E-state index is 0.244. The van der Waals surface area contributed by atoms with E-state index in [0.29, 0.717) is 27.8 Å². The average molecular weight is 508 g/mol. The van der Waals surface area contributed by atoms with Crippen LogP contribution < -0.4 is 19.7 Å². The van der Waals surface area contributed by atoms with Crippen molar-refractivity contribution in [2.45, 2.75) is 13.0 Å². The first-order valence-corrected chi connectivity index (χ1v) is 11.9. The van der Waals surface area contributed by atoms with Gasteiger partial charge in [-0.2, -0.15) is 0 Å². The van der Waals surface area contributed by atoms with Crippen LogP contribution >= 0.6 is 23.2 Å². The number of nitrogens with zero attached hydrogens (tertiary/aromatic N) is 2. The molecule has 0 atom stereocenters. The predicted molar refractivity (Wildman–Crippen MR) is 140 cm³/mol. The average Bonchev–Trinajstić information content (AvgIpc) is 3.25. The second-order valence-corrected chi connectivity index (χ2v) is 9.06. The summed E-state index contributed by atoms with van der Waals surface area (Å²) in [6, 6.07) is 18.8. The van der Waals surface area contributed by atoms with Gasteiger partial charge in [-0.25, -0.2) is 0 Å². The maximum absolute atomic E-state index is 12.6. The SMILES string of the molecule is COc1cc2cc3c(nc2cc1OC)CCN3Cc1ccc(NC(=O)c2cccc(Cl)c2Cl)cc1. The Kier molecular flexibility index (Phi) is 6.41. The number of amides is 1. The van der Waals surface area contributed by atoms with E-state index in [1.807, 2.05) is 36.4 Å². The number of nitrogens with one attached hydrogen (secondary N) is 1. The van der Waals surface area contributed by atoms with Crippen LogP contribution in [0.2, 0.25) is 10.0 Å². The fraction of sp³-hybridized carbons (Fsp3) is 0.185. The Morgan fingerprint density at radius 2 is 1.77 bits per heavy atom. The van der Waals surface area contributed by atoms with E-state index < -0.39 is 0 Å². The van der Waals surface area contributed by atoms with Crippen molar-refractivity contribution in [3.63, 3.8) is 0 Å². The molecule has 5 rings (SSSR count). The van der Waals surface area contributed by atoms with E-state index in [9.17, 15) is 4.79 Å². The first-order chi connectivity index (χ1) is 17.0. The van der Waals surface area contributed by atoms with Gasteiger partial charge in [0.05, 0.1) is 46.7 Å². The largest absolute Gasteiger partial charge is 0.493 e. The van der Waals surface area contributed by atoms with E-state index in [1.165, 1.54) is 0 Å². The maximum Gasteiger partial charge on any atom is 0.257 e. The van der Waals surface area contributed by atoms with E-state index in [0.717, 1.165) is 47.4 Å². The summed E-state index contributed by atoms with van der Waals surface area (Å²) in [7, 11) is 3.26. The van der Waals surface area contributed by atoms with Crippen LogP contribution in [0.3, 0.4) is 0 Å². The van der Waals surface area contributed by atoms with Gasteiger partial charge in [0.15, 0.2) is 11.5 Å². The third-order valence-corrected chi connectivity index (χ3v) is 6.94. The van der Waals surface area contributed by atoms with Crippen LogP contribution in [-0.4, -0.2) is 31.7 Å². The number of methoxy groups -OCH3 is 2. The molecule has 0 saturated heterocycles. The number of benzene rings is 3. The third kappa shape index (κ3) is 4.59. The number of rotatable bonds is 6. The molecular formula is C27H23Cl2N3O3. The fourth-order valence-electron chi connectivity index (χ4n) is 4.30. The summed E-state index contributed by atoms with van der Waals surface area (Å²) in [4.78, 5) is 19.8. The van der Waals surface area contributed by atoms with E-state index >= 15 is 0 Å². The number of hydrogen-bond acceptors (Lipinski definition) is 5. The summed E-state index contributed by atoms with van der Waals surface area (Å²) in [5, 5.41) is 4.47. The van der Waals surface area contributed by atoms with Crippen LogP contribution in [-0.2, 0) is 13.0 Å². The molecule has 0 unspecified atom stereocenters. The number of aromatic nitrogens is 1. The Bertz CT molecular complexity index is 1420. The lowest BCUT2D eigenvalue weighted by Gasteiger charge is -2.20. The molecule has 0 aliphatic carbocycles. The minimum atomic E-state index is -0.302. The first-order valence-electron chi connectivity index (χ1n) is 11.1. The van der Waals surface area contributed by atoms with Crippen LogP contribution in [0.5, 0.6) is 11.5 Å². The van der Waals surface area contributed by atoms with E-state index in [2.05, 4.69) is 16.3 Å². The Balaban J connectivity index is 1.32. The molecule has 0 spiro atoms. The zero-order valence-electron chi connectivity index (χ0n) is 19.3. The summed E-state index contributed by atoms with van der Waals surface area (Å²) < 4.78 is 10.9. The monoisotopic (exact) mass is 507 g/mol. The molecule has 1 aliphatic heterocycles. The highest BCUT2D eigenvalue weighted by Gasteiger charge is 2.22. The lowest BCUT2D eigenvalue weighted by molar-refractivity contribution is 0.102. The number of pyridine rings is 1. The molecule has 0 saturated carbocycles. The Labute approximate surface area is 213 Å². The van der Waals surface area contributed by atoms with Crippen molar-refractivity contribution in [1.29, 1.82) is 0 Å². The predicted octanol–water partition coefficient (Wildman–Crippen LogP) is 6.37. The Hall–Kier alpha value is -3.48. The molecule has 35 heavy (non-hydrogen) atoms. The second-order valence-electron chi connectivity index (χ2n) is 8.28. The first kappa shape index (κ1) is 23.3. The van der Waals surface area contributed by atoms with Gasteiger partial charge < -0.3 is 19.7 Å². The number of halogens is 2. The van der Waals surface area contributed by atoms with Crippen molar-refractivity contribution in [1.82, 2.24) is 4.98 Å². The zero-order valence-corrected chi connectivity index (χ0v) is 20.8. The van der Waals surface area contributed by atoms with Crippen LogP contribution in [0.25, 0.3) is 10.9 Å². The Morgan fingerprint density at radius 1 is 1.03 bits per heavy atom. The fourth-order valence-corrected chi connectivity index (χ4v) is 4.69. The molecule has 4 aromatic rings. The van der Waals surface area contributed by atoms with Gasteiger partial charge in [0, 0.05) is 36.7 Å². The van der Waals surface area contributed by atoms with Gasteiger partial charge in [0.1, 0.15) is 0 Å². The highest BCUT2D eigenvalue weighted by atomic mass is 35.5. The molecule has 1 aromatic heterocycles. The second kappa shape index (κ2) is 9.64. The number of fused-ring (bicyclic) bond motifs is 2. The van der Waals surface area contributed by atoms with Crippen LogP contribution in [0.15, 0.2) is 60.7 Å². The highest BCUT2D eigenvalue weighted by molar-refractivity contribution is 6.44. The minimum Gasteiger partial charge on any atom is -0.493 e. The summed E-state index contributed by atoms with van der Waals surface area (Å²) in [5.74, 6) is 1.05. The molecule has 1 amide bonds. The van der Waals surface area contributed by atoms with Gasteiger partial charge in [-0.3, -0.25) is 9.78 Å². The lowest BCUT2D eigenvalue weighted by Crippen LogP contribution is -2.19. The van der Waals surface area contributed by atoms with Crippen molar-refractivity contribution in [3.05, 3.63) is 87.5 Å². The van der Waals surface area contributed by atoms with Crippen molar-refractivity contribution in [3.8, 4) is 11.5 Å². The summed E-state index contributed by atoms with van der Waals surface area (Å²) in [6.45, 7) is 1.63. The maximum atomic E-state index is 12.6. The molecule has 2 heterocycles. The molecule has 1 N–H and O–H groups in total. The highest BCUT2D eigenvalue weighted by Crippen LogP contribution is 2.36. The standard InChI is InChI=1S/C27H23Cl2N3O3/c1-34-24-13-17-12-23-21(31-22(17)14-25(24)35-2)10-11-32(23)15-16-6-8-18(9-7-16)30-27(33)19-4-3-5-20(28)26(19)29/h3-9,12-14H,10-11,15H2,1-2H3,(H,30,33). The zero-order chi connectivity index (χ0) is 24.5. The van der Waals surface area contributed by atoms with E-state index in [1.54, 1.807) is 32.4 Å². The number of ether oxygens (including phenoxy) is 2. The summed E-state index contributed by atoms with van der Waals surface area (Å²) in [5.41, 5.74) is 5.24. The molecule has 0 fully saturated rings. The smallest absolute Gasteiger partial charge is 0.257 e. The van der Waals surface area contributed by atoms with Gasteiger partial charge in [-0.1, -0.05) is 41.4 Å². The third-order valence-electron chi connectivity index (χ3n) is 6.12. The summed E-state index contributed by atoms with van der Waals surface area (Å²) >= 11 is 12.2. The lowest BCUT2D eigenvalue weighted by atomic mass is 10.1. The van der Waals surface area contributed by atoms with Crippen molar-refractivity contribution >= 4 is 51.4 Å².